The Balaban J connectivity index is 2.22. The van der Waals surface area contributed by atoms with Crippen LogP contribution in [0.2, 0.25) is 0 Å². The summed E-state index contributed by atoms with van der Waals surface area (Å²) in [6.45, 7) is 3.71. The van der Waals surface area contributed by atoms with E-state index in [0.29, 0.717) is 12.0 Å². The molecule has 2 aliphatic heterocycles. The van der Waals surface area contributed by atoms with Crippen LogP contribution in [-0.2, 0) is 14.3 Å². The molecule has 0 saturated carbocycles. The molecule has 2 rings (SSSR count). The van der Waals surface area contributed by atoms with Gasteiger partial charge in [0.05, 0.1) is 11.7 Å². The largest absolute Gasteiger partial charge is 0.459 e. The van der Waals surface area contributed by atoms with E-state index in [9.17, 15) is 9.90 Å². The van der Waals surface area contributed by atoms with Gasteiger partial charge in [-0.3, -0.25) is 0 Å². The Kier molecular flexibility index (Phi) is 3.12. The van der Waals surface area contributed by atoms with Crippen LogP contribution in [0.4, 0.5) is 0 Å². The minimum Gasteiger partial charge on any atom is -0.459 e. The zero-order valence-electron chi connectivity index (χ0n) is 9.42. The number of rotatable bonds is 1. The van der Waals surface area contributed by atoms with Crippen LogP contribution in [-0.4, -0.2) is 35.5 Å². The molecule has 0 aromatic carbocycles. The van der Waals surface area contributed by atoms with Crippen LogP contribution in [0.25, 0.3) is 0 Å². The molecule has 0 radical (unpaired) electrons. The summed E-state index contributed by atoms with van der Waals surface area (Å²) in [5.41, 5.74) is 0.450. The summed E-state index contributed by atoms with van der Waals surface area (Å²) in [7, 11) is 0. The van der Waals surface area contributed by atoms with Gasteiger partial charge in [0.1, 0.15) is 18.3 Å². The van der Waals surface area contributed by atoms with Crippen LogP contribution in [0.1, 0.15) is 20.3 Å². The number of hydrogen-bond acceptors (Lipinski definition) is 4. The van der Waals surface area contributed by atoms with E-state index >= 15 is 0 Å². The summed E-state index contributed by atoms with van der Waals surface area (Å²) in [6, 6.07) is 0. The molecule has 4 heteroatoms. The van der Waals surface area contributed by atoms with Gasteiger partial charge in [0.15, 0.2) is 0 Å². The fourth-order valence-electron chi connectivity index (χ4n) is 2.06. The number of aliphatic hydroxyl groups excluding tert-OH is 1. The van der Waals surface area contributed by atoms with E-state index in [2.05, 4.69) is 0 Å². The average molecular weight is 224 g/mol. The van der Waals surface area contributed by atoms with E-state index in [4.69, 9.17) is 9.47 Å². The van der Waals surface area contributed by atoms with Crippen LogP contribution in [0, 0.1) is 0 Å². The van der Waals surface area contributed by atoms with Crippen LogP contribution in [0.3, 0.4) is 0 Å². The molecule has 0 bridgehead atoms. The van der Waals surface area contributed by atoms with Gasteiger partial charge in [-0.1, -0.05) is 12.2 Å². The molecule has 2 aliphatic rings. The SMILES string of the molecule is C/C=C/[C@H]1O[C@H]2C[C@@H](C)OC(=O)C2=C[C@@H]1O. The zero-order chi connectivity index (χ0) is 11.7. The molecular weight excluding hydrogens is 208 g/mol. The van der Waals surface area contributed by atoms with Gasteiger partial charge in [-0.05, 0) is 19.9 Å². The molecule has 4 atom stereocenters. The Labute approximate surface area is 94.5 Å². The quantitative estimate of drug-likeness (QED) is 0.532. The van der Waals surface area contributed by atoms with Gasteiger partial charge >= 0.3 is 5.97 Å². The van der Waals surface area contributed by atoms with E-state index < -0.39 is 6.10 Å². The normalized spacial score (nSPS) is 39.2. The van der Waals surface area contributed by atoms with Crippen molar-refractivity contribution in [2.75, 3.05) is 0 Å². The first-order chi connectivity index (χ1) is 7.61. The molecular formula is C12H16O4. The van der Waals surface area contributed by atoms with Gasteiger partial charge in [0.2, 0.25) is 0 Å². The van der Waals surface area contributed by atoms with Crippen molar-refractivity contribution in [1.82, 2.24) is 0 Å². The molecule has 4 nitrogen and oxygen atoms in total. The summed E-state index contributed by atoms with van der Waals surface area (Å²) in [5, 5.41) is 9.76. The number of carbonyl (C=O) groups is 1. The second-order valence-corrected chi connectivity index (χ2v) is 4.18. The number of esters is 1. The maximum absolute atomic E-state index is 11.5. The second kappa shape index (κ2) is 4.39. The number of fused-ring (bicyclic) bond motifs is 1. The lowest BCUT2D eigenvalue weighted by Gasteiger charge is -2.36. The lowest BCUT2D eigenvalue weighted by molar-refractivity contribution is -0.156. The van der Waals surface area contributed by atoms with Crippen molar-refractivity contribution in [2.24, 2.45) is 0 Å². The minimum atomic E-state index is -0.775. The van der Waals surface area contributed by atoms with Gasteiger partial charge in [-0.25, -0.2) is 4.79 Å². The predicted octanol–water partition coefficient (Wildman–Crippen LogP) is 0.953. The molecule has 88 valence electrons. The van der Waals surface area contributed by atoms with Gasteiger partial charge in [-0.2, -0.15) is 0 Å². The first kappa shape index (κ1) is 11.4. The van der Waals surface area contributed by atoms with Gasteiger partial charge in [0.25, 0.3) is 0 Å². The Morgan fingerprint density at radius 2 is 2.31 bits per heavy atom. The van der Waals surface area contributed by atoms with Crippen LogP contribution in [0.5, 0.6) is 0 Å². The zero-order valence-corrected chi connectivity index (χ0v) is 9.42. The number of carbonyl (C=O) groups excluding carboxylic acids is 1. The minimum absolute atomic E-state index is 0.129. The van der Waals surface area contributed by atoms with Crippen molar-refractivity contribution in [3.8, 4) is 0 Å². The van der Waals surface area contributed by atoms with E-state index in [1.165, 1.54) is 0 Å². The highest BCUT2D eigenvalue weighted by Gasteiger charge is 2.38. The summed E-state index contributed by atoms with van der Waals surface area (Å²) in [6.07, 6.45) is 4.31. The van der Waals surface area contributed by atoms with Crippen molar-refractivity contribution in [1.29, 1.82) is 0 Å². The van der Waals surface area contributed by atoms with Crippen LogP contribution >= 0.6 is 0 Å². The van der Waals surface area contributed by atoms with Gasteiger partial charge in [0, 0.05) is 6.42 Å². The van der Waals surface area contributed by atoms with Crippen molar-refractivity contribution >= 4 is 5.97 Å². The van der Waals surface area contributed by atoms with E-state index in [1.54, 1.807) is 12.2 Å². The summed E-state index contributed by atoms with van der Waals surface area (Å²) >= 11 is 0. The third kappa shape index (κ3) is 2.03. The molecule has 0 amide bonds. The molecule has 0 unspecified atom stereocenters. The summed E-state index contributed by atoms with van der Waals surface area (Å²) in [4.78, 5) is 11.5. The summed E-state index contributed by atoms with van der Waals surface area (Å²) in [5.74, 6) is -0.373. The Bertz CT molecular complexity index is 345. The number of cyclic esters (lactones) is 1. The van der Waals surface area contributed by atoms with Crippen molar-refractivity contribution in [2.45, 2.75) is 44.7 Å². The van der Waals surface area contributed by atoms with E-state index in [0.717, 1.165) is 0 Å². The average Bonchev–Trinajstić information content (AvgIpc) is 2.21. The lowest BCUT2D eigenvalue weighted by atomic mass is 9.94. The third-order valence-corrected chi connectivity index (χ3v) is 2.83. The fourth-order valence-corrected chi connectivity index (χ4v) is 2.06. The van der Waals surface area contributed by atoms with Crippen molar-refractivity contribution < 1.29 is 19.4 Å². The van der Waals surface area contributed by atoms with Gasteiger partial charge < -0.3 is 14.6 Å². The highest BCUT2D eigenvalue weighted by Crippen LogP contribution is 2.29. The van der Waals surface area contributed by atoms with Crippen molar-refractivity contribution in [3.05, 3.63) is 23.8 Å². The first-order valence-corrected chi connectivity index (χ1v) is 5.51. The molecule has 1 fully saturated rings. The third-order valence-electron chi connectivity index (χ3n) is 2.83. The monoisotopic (exact) mass is 224 g/mol. The highest BCUT2D eigenvalue weighted by molar-refractivity contribution is 5.90. The fraction of sp³-hybridized carbons (Fsp3) is 0.583. The van der Waals surface area contributed by atoms with E-state index in [1.807, 2.05) is 19.9 Å². The van der Waals surface area contributed by atoms with E-state index in [-0.39, 0.29) is 24.3 Å². The number of hydrogen-bond donors (Lipinski definition) is 1. The lowest BCUT2D eigenvalue weighted by Crippen LogP contribution is -2.44. The number of allylic oxidation sites excluding steroid dienone is 1. The predicted molar refractivity (Wildman–Crippen MR) is 57.7 cm³/mol. The molecule has 1 saturated heterocycles. The molecule has 1 N–H and O–H groups in total. The Morgan fingerprint density at radius 1 is 1.56 bits per heavy atom. The summed E-state index contributed by atoms with van der Waals surface area (Å²) < 4.78 is 10.8. The standard InChI is InChI=1S/C12H16O4/c1-3-4-10-9(13)6-8-11(16-10)5-7(2)15-12(8)14/h3-4,6-7,9-11,13H,5H2,1-2H3/b4-3+/t7-,9+,10-,11+/m1/s1. The maximum Gasteiger partial charge on any atom is 0.336 e. The smallest absolute Gasteiger partial charge is 0.336 e. The van der Waals surface area contributed by atoms with Crippen LogP contribution in [0.15, 0.2) is 23.8 Å². The molecule has 2 heterocycles. The maximum atomic E-state index is 11.5. The number of ether oxygens (including phenoxy) is 2. The van der Waals surface area contributed by atoms with Gasteiger partial charge in [-0.15, -0.1) is 0 Å². The Morgan fingerprint density at radius 3 is 3.00 bits per heavy atom. The molecule has 16 heavy (non-hydrogen) atoms. The molecule has 0 aromatic heterocycles. The van der Waals surface area contributed by atoms with Crippen LogP contribution < -0.4 is 0 Å². The molecule has 0 spiro atoms. The Hall–Kier alpha value is -1.13. The topological polar surface area (TPSA) is 55.8 Å². The molecule has 0 aromatic rings. The number of aliphatic hydroxyl groups is 1. The van der Waals surface area contributed by atoms with Crippen molar-refractivity contribution in [3.63, 3.8) is 0 Å². The highest BCUT2D eigenvalue weighted by atomic mass is 16.6. The first-order valence-electron chi connectivity index (χ1n) is 5.51. The second-order valence-electron chi connectivity index (χ2n) is 4.18. The molecule has 0 aliphatic carbocycles.